The zero-order valence-electron chi connectivity index (χ0n) is 17.7. The van der Waals surface area contributed by atoms with Crippen LogP contribution in [0.2, 0.25) is 5.02 Å². The molecule has 2 amide bonds. The van der Waals surface area contributed by atoms with Gasteiger partial charge in [-0.1, -0.05) is 60.1 Å². The van der Waals surface area contributed by atoms with Gasteiger partial charge in [-0.3, -0.25) is 4.79 Å². The summed E-state index contributed by atoms with van der Waals surface area (Å²) in [5.74, 6) is -1.25. The number of carbonyl (C=O) groups is 2. The number of benzene rings is 3. The van der Waals surface area contributed by atoms with Crippen LogP contribution in [-0.4, -0.2) is 23.5 Å². The molecule has 3 aromatic carbocycles. The van der Waals surface area contributed by atoms with Crippen LogP contribution in [0.1, 0.15) is 17.5 Å². The fourth-order valence-electron chi connectivity index (χ4n) is 3.15. The van der Waals surface area contributed by atoms with E-state index in [0.717, 1.165) is 11.1 Å². The summed E-state index contributed by atoms with van der Waals surface area (Å²) in [5, 5.41) is 14.2. The van der Waals surface area contributed by atoms with Gasteiger partial charge in [0.25, 0.3) is 0 Å². The summed E-state index contributed by atoms with van der Waals surface area (Å²) in [7, 11) is 0. The molecule has 0 unspecified atom stereocenters. The van der Waals surface area contributed by atoms with Crippen molar-refractivity contribution in [2.75, 3.05) is 5.32 Å². The second-order valence-corrected chi connectivity index (χ2v) is 7.66. The van der Waals surface area contributed by atoms with Crippen LogP contribution in [0.25, 0.3) is 11.1 Å². The van der Waals surface area contributed by atoms with Crippen molar-refractivity contribution >= 4 is 29.3 Å². The van der Waals surface area contributed by atoms with Crippen LogP contribution >= 0.6 is 11.6 Å². The number of aryl methyl sites for hydroxylation is 1. The minimum atomic E-state index is -4.85. The van der Waals surface area contributed by atoms with E-state index in [2.05, 4.69) is 15.4 Å². The molecule has 0 saturated carbocycles. The number of hydrogen-bond acceptors (Lipinski definition) is 3. The maximum Gasteiger partial charge on any atom is 0.573 e. The molecule has 0 bridgehead atoms. The lowest BCUT2D eigenvalue weighted by atomic mass is 10.0. The molecule has 3 aromatic rings. The van der Waals surface area contributed by atoms with E-state index in [0.29, 0.717) is 17.7 Å². The number of rotatable bonds is 8. The van der Waals surface area contributed by atoms with Crippen LogP contribution in [0.4, 0.5) is 23.7 Å². The minimum absolute atomic E-state index is 0.0439. The lowest BCUT2D eigenvalue weighted by molar-refractivity contribution is -0.274. The molecule has 34 heavy (non-hydrogen) atoms. The van der Waals surface area contributed by atoms with Crippen LogP contribution in [-0.2, 0) is 17.8 Å². The second kappa shape index (κ2) is 10.9. The van der Waals surface area contributed by atoms with Crippen molar-refractivity contribution in [3.63, 3.8) is 0 Å². The molecule has 0 atom stereocenters. The van der Waals surface area contributed by atoms with Crippen LogP contribution in [0.15, 0.2) is 66.7 Å². The number of hydrogen-bond donors (Lipinski definition) is 3. The normalized spacial score (nSPS) is 11.1. The van der Waals surface area contributed by atoms with Crippen LogP contribution < -0.4 is 15.4 Å². The first-order valence-corrected chi connectivity index (χ1v) is 10.5. The number of alkyl halides is 3. The van der Waals surface area contributed by atoms with E-state index >= 15 is 0 Å². The van der Waals surface area contributed by atoms with Crippen molar-refractivity contribution < 1.29 is 32.6 Å². The monoisotopic (exact) mass is 492 g/mol. The topological polar surface area (TPSA) is 87.7 Å². The van der Waals surface area contributed by atoms with Gasteiger partial charge in [0.05, 0.1) is 5.02 Å². The Kier molecular flexibility index (Phi) is 8.01. The molecule has 0 aromatic heterocycles. The third-order valence-electron chi connectivity index (χ3n) is 4.73. The summed E-state index contributed by atoms with van der Waals surface area (Å²) in [6.07, 6.45) is -4.38. The van der Waals surface area contributed by atoms with E-state index < -0.39 is 18.4 Å². The largest absolute Gasteiger partial charge is 0.573 e. The summed E-state index contributed by atoms with van der Waals surface area (Å²) in [6, 6.07) is 16.8. The average Bonchev–Trinajstić information content (AvgIpc) is 2.77. The molecule has 10 heteroatoms. The zero-order valence-corrected chi connectivity index (χ0v) is 18.4. The SMILES string of the molecule is O=C(O)CCc1ccc(CNC(=O)Nc2ccc(-c3ccccc3OC(F)(F)F)c(Cl)c2)cc1. The number of carboxylic acid groups (broad SMARTS) is 1. The van der Waals surface area contributed by atoms with E-state index in [9.17, 15) is 22.8 Å². The van der Waals surface area contributed by atoms with Crippen LogP contribution in [0.3, 0.4) is 0 Å². The summed E-state index contributed by atoms with van der Waals surface area (Å²) in [4.78, 5) is 22.9. The number of carbonyl (C=O) groups excluding carboxylic acids is 1. The van der Waals surface area contributed by atoms with Crippen molar-refractivity contribution in [3.05, 3.63) is 82.9 Å². The highest BCUT2D eigenvalue weighted by atomic mass is 35.5. The highest BCUT2D eigenvalue weighted by Gasteiger charge is 2.32. The molecule has 3 rings (SSSR count). The number of anilines is 1. The fraction of sp³-hybridized carbons (Fsp3) is 0.167. The first-order valence-electron chi connectivity index (χ1n) is 10.1. The number of nitrogens with one attached hydrogen (secondary N) is 2. The molecule has 0 heterocycles. The summed E-state index contributed by atoms with van der Waals surface area (Å²) in [5.41, 5.74) is 2.53. The molecule has 178 valence electrons. The molecule has 0 fully saturated rings. The van der Waals surface area contributed by atoms with Gasteiger partial charge in [-0.25, -0.2) is 4.79 Å². The Morgan fingerprint density at radius 1 is 0.941 bits per heavy atom. The summed E-state index contributed by atoms with van der Waals surface area (Å²) < 4.78 is 42.2. The summed E-state index contributed by atoms with van der Waals surface area (Å²) >= 11 is 6.28. The number of carboxylic acids is 1. The van der Waals surface area contributed by atoms with E-state index in [4.69, 9.17) is 16.7 Å². The Bertz CT molecular complexity index is 1170. The van der Waals surface area contributed by atoms with Gasteiger partial charge in [-0.05, 0) is 35.7 Å². The Morgan fingerprint density at radius 2 is 1.62 bits per heavy atom. The maximum atomic E-state index is 12.7. The third-order valence-corrected chi connectivity index (χ3v) is 5.05. The van der Waals surface area contributed by atoms with E-state index in [1.54, 1.807) is 30.3 Å². The Balaban J connectivity index is 1.61. The Hall–Kier alpha value is -3.72. The van der Waals surface area contributed by atoms with Gasteiger partial charge in [0.15, 0.2) is 0 Å². The number of aliphatic carboxylic acids is 1. The Labute approximate surface area is 198 Å². The van der Waals surface area contributed by atoms with Gasteiger partial charge in [-0.2, -0.15) is 0 Å². The number of ether oxygens (including phenoxy) is 1. The molecule has 0 radical (unpaired) electrons. The molecule has 0 aliphatic carbocycles. The quantitative estimate of drug-likeness (QED) is 0.347. The van der Waals surface area contributed by atoms with E-state index in [1.165, 1.54) is 36.4 Å². The molecule has 0 aliphatic rings. The standard InChI is InChI=1S/C24H20ClF3N2O4/c25-20-13-17(10-11-18(20)19-3-1-2-4-21(19)34-24(26,27)28)30-23(33)29-14-16-7-5-15(6-8-16)9-12-22(31)32/h1-8,10-11,13H,9,12,14H2,(H,31,32)(H2,29,30,33). The highest BCUT2D eigenvalue weighted by molar-refractivity contribution is 6.33. The summed E-state index contributed by atoms with van der Waals surface area (Å²) in [6.45, 7) is 0.235. The second-order valence-electron chi connectivity index (χ2n) is 7.26. The zero-order chi connectivity index (χ0) is 24.7. The van der Waals surface area contributed by atoms with Gasteiger partial charge in [0.2, 0.25) is 0 Å². The Morgan fingerprint density at radius 3 is 2.26 bits per heavy atom. The average molecular weight is 493 g/mol. The van der Waals surface area contributed by atoms with Gasteiger partial charge >= 0.3 is 18.4 Å². The lowest BCUT2D eigenvalue weighted by Gasteiger charge is -2.15. The smallest absolute Gasteiger partial charge is 0.481 e. The van der Waals surface area contributed by atoms with Crippen molar-refractivity contribution in [3.8, 4) is 16.9 Å². The maximum absolute atomic E-state index is 12.7. The highest BCUT2D eigenvalue weighted by Crippen LogP contribution is 2.38. The van der Waals surface area contributed by atoms with Crippen molar-refractivity contribution in [2.45, 2.75) is 25.7 Å². The van der Waals surface area contributed by atoms with Crippen molar-refractivity contribution in [2.24, 2.45) is 0 Å². The molecule has 0 spiro atoms. The molecule has 6 nitrogen and oxygen atoms in total. The minimum Gasteiger partial charge on any atom is -0.481 e. The number of amides is 2. The van der Waals surface area contributed by atoms with Crippen LogP contribution in [0.5, 0.6) is 5.75 Å². The fourth-order valence-corrected chi connectivity index (χ4v) is 3.43. The predicted molar refractivity (Wildman–Crippen MR) is 122 cm³/mol. The van der Waals surface area contributed by atoms with Gasteiger partial charge in [0, 0.05) is 29.8 Å². The molecular weight excluding hydrogens is 473 g/mol. The molecule has 3 N–H and O–H groups in total. The van der Waals surface area contributed by atoms with Crippen molar-refractivity contribution in [1.29, 1.82) is 0 Å². The number of para-hydroxylation sites is 1. The first kappa shape index (κ1) is 24.9. The van der Waals surface area contributed by atoms with E-state index in [-0.39, 0.29) is 29.3 Å². The lowest BCUT2D eigenvalue weighted by Crippen LogP contribution is -2.28. The van der Waals surface area contributed by atoms with Gasteiger partial charge < -0.3 is 20.5 Å². The van der Waals surface area contributed by atoms with Gasteiger partial charge in [0.1, 0.15) is 5.75 Å². The predicted octanol–water partition coefficient (Wildman–Crippen LogP) is 6.24. The first-order chi connectivity index (χ1) is 16.1. The molecule has 0 saturated heterocycles. The van der Waals surface area contributed by atoms with E-state index in [1.807, 2.05) is 0 Å². The number of urea groups is 1. The molecular formula is C24H20ClF3N2O4. The third kappa shape index (κ3) is 7.41. The van der Waals surface area contributed by atoms with Gasteiger partial charge in [-0.15, -0.1) is 13.2 Å². The number of halogens is 4. The van der Waals surface area contributed by atoms with Crippen molar-refractivity contribution in [1.82, 2.24) is 5.32 Å². The molecule has 0 aliphatic heterocycles. The van der Waals surface area contributed by atoms with Crippen LogP contribution in [0, 0.1) is 0 Å².